The van der Waals surface area contributed by atoms with Gasteiger partial charge in [0.25, 0.3) is 0 Å². The average molecular weight is 398 g/mol. The maximum absolute atomic E-state index is 12.5. The number of esters is 1. The lowest BCUT2D eigenvalue weighted by Gasteiger charge is -2.52. The molecule has 0 aromatic carbocycles. The third kappa shape index (κ3) is 6.16. The molecule has 2 aliphatic rings. The van der Waals surface area contributed by atoms with E-state index in [0.717, 1.165) is 18.6 Å². The molecule has 1 fully saturated rings. The van der Waals surface area contributed by atoms with Crippen molar-refractivity contribution in [2.45, 2.75) is 72.0 Å². The standard InChI is InChI=1S/C21H35NO4S/c1-19(2,3)25-17(23)11-21(13-22-18(24)26-20(4,5)6)10-15-8-14(12-27-7)9-16(15)21/h9,15-16H,8,10-13H2,1-7H3,(H,22,24)/t15-,16-,21-/m0/s1. The van der Waals surface area contributed by atoms with Gasteiger partial charge in [-0.15, -0.1) is 0 Å². The van der Waals surface area contributed by atoms with Gasteiger partial charge in [0.15, 0.2) is 0 Å². The van der Waals surface area contributed by atoms with Crippen molar-refractivity contribution in [2.75, 3.05) is 18.6 Å². The number of fused-ring (bicyclic) bond motifs is 1. The topological polar surface area (TPSA) is 64.6 Å². The van der Waals surface area contributed by atoms with Crippen molar-refractivity contribution in [1.82, 2.24) is 5.32 Å². The van der Waals surface area contributed by atoms with Gasteiger partial charge in [-0.25, -0.2) is 4.79 Å². The fourth-order valence-corrected chi connectivity index (χ4v) is 4.84. The molecular formula is C21H35NO4S. The quantitative estimate of drug-likeness (QED) is 0.526. The van der Waals surface area contributed by atoms with Gasteiger partial charge in [0.2, 0.25) is 0 Å². The number of hydrogen-bond donors (Lipinski definition) is 1. The van der Waals surface area contributed by atoms with Crippen LogP contribution < -0.4 is 5.32 Å². The van der Waals surface area contributed by atoms with E-state index in [0.29, 0.717) is 24.8 Å². The fourth-order valence-electron chi connectivity index (χ4n) is 4.26. The maximum atomic E-state index is 12.5. The summed E-state index contributed by atoms with van der Waals surface area (Å²) in [6.07, 6.45) is 6.38. The zero-order valence-corrected chi connectivity index (χ0v) is 18.6. The number of nitrogens with one attached hydrogen (secondary N) is 1. The summed E-state index contributed by atoms with van der Waals surface area (Å²) in [5, 5.41) is 2.91. The zero-order chi connectivity index (χ0) is 20.5. The van der Waals surface area contributed by atoms with Crippen LogP contribution >= 0.6 is 11.8 Å². The van der Waals surface area contributed by atoms with E-state index >= 15 is 0 Å². The fraction of sp³-hybridized carbons (Fsp3) is 0.810. The number of rotatable bonds is 6. The van der Waals surface area contributed by atoms with Gasteiger partial charge < -0.3 is 14.8 Å². The smallest absolute Gasteiger partial charge is 0.407 e. The van der Waals surface area contributed by atoms with E-state index < -0.39 is 17.3 Å². The molecule has 5 nitrogen and oxygen atoms in total. The highest BCUT2D eigenvalue weighted by Crippen LogP contribution is 2.59. The average Bonchev–Trinajstić information content (AvgIpc) is 2.78. The van der Waals surface area contributed by atoms with E-state index in [1.54, 1.807) is 0 Å². The molecule has 1 N–H and O–H groups in total. The Kier molecular flexibility index (Phi) is 6.60. The Balaban J connectivity index is 2.08. The lowest BCUT2D eigenvalue weighted by Crippen LogP contribution is -2.54. The minimum atomic E-state index is -0.538. The van der Waals surface area contributed by atoms with Gasteiger partial charge >= 0.3 is 12.1 Å². The van der Waals surface area contributed by atoms with E-state index in [-0.39, 0.29) is 11.4 Å². The van der Waals surface area contributed by atoms with Crippen LogP contribution in [0, 0.1) is 17.3 Å². The highest BCUT2D eigenvalue weighted by atomic mass is 32.2. The lowest BCUT2D eigenvalue weighted by molar-refractivity contribution is -0.162. The van der Waals surface area contributed by atoms with E-state index in [9.17, 15) is 9.59 Å². The van der Waals surface area contributed by atoms with Crippen LogP contribution in [0.15, 0.2) is 11.6 Å². The molecule has 0 saturated heterocycles. The van der Waals surface area contributed by atoms with Crippen LogP contribution in [0.25, 0.3) is 0 Å². The van der Waals surface area contributed by atoms with Crippen LogP contribution in [0.4, 0.5) is 4.79 Å². The molecule has 2 aliphatic carbocycles. The second-order valence-electron chi connectivity index (χ2n) is 9.93. The van der Waals surface area contributed by atoms with Gasteiger partial charge in [0, 0.05) is 17.7 Å². The number of alkyl carbamates (subject to hydrolysis) is 1. The number of allylic oxidation sites excluding steroid dienone is 1. The summed E-state index contributed by atoms with van der Waals surface area (Å²) in [4.78, 5) is 24.7. The van der Waals surface area contributed by atoms with Gasteiger partial charge in [-0.2, -0.15) is 11.8 Å². The Bertz CT molecular complexity index is 602. The third-order valence-corrected chi connectivity index (χ3v) is 5.71. The number of ether oxygens (including phenoxy) is 2. The van der Waals surface area contributed by atoms with Gasteiger partial charge in [-0.3, -0.25) is 4.79 Å². The largest absolute Gasteiger partial charge is 0.460 e. The van der Waals surface area contributed by atoms with Crippen LogP contribution in [0.5, 0.6) is 0 Å². The SMILES string of the molecule is CSCC1=C[C@H]2[C@@H](C1)C[C@@]2(CNC(=O)OC(C)(C)C)CC(=O)OC(C)(C)C. The summed E-state index contributed by atoms with van der Waals surface area (Å²) < 4.78 is 10.9. The molecular weight excluding hydrogens is 362 g/mol. The molecule has 0 spiro atoms. The Morgan fingerprint density at radius 2 is 1.81 bits per heavy atom. The molecule has 0 aromatic heterocycles. The molecule has 0 radical (unpaired) electrons. The van der Waals surface area contributed by atoms with Crippen molar-refractivity contribution in [2.24, 2.45) is 17.3 Å². The van der Waals surface area contributed by atoms with Gasteiger partial charge in [-0.05, 0) is 72.5 Å². The second-order valence-corrected chi connectivity index (χ2v) is 10.8. The van der Waals surface area contributed by atoms with Crippen molar-refractivity contribution in [3.05, 3.63) is 11.6 Å². The van der Waals surface area contributed by atoms with Gasteiger partial charge in [0.1, 0.15) is 11.2 Å². The predicted octanol–water partition coefficient (Wildman–Crippen LogP) is 4.56. The Morgan fingerprint density at radius 1 is 1.19 bits per heavy atom. The van der Waals surface area contributed by atoms with Crippen molar-refractivity contribution >= 4 is 23.8 Å². The molecule has 154 valence electrons. The monoisotopic (exact) mass is 397 g/mol. The summed E-state index contributed by atoms with van der Waals surface area (Å²) in [6.45, 7) is 11.6. The Hall–Kier alpha value is -1.17. The van der Waals surface area contributed by atoms with E-state index in [1.807, 2.05) is 53.3 Å². The predicted molar refractivity (Wildman–Crippen MR) is 110 cm³/mol. The van der Waals surface area contributed by atoms with Crippen molar-refractivity contribution in [3.8, 4) is 0 Å². The highest BCUT2D eigenvalue weighted by Gasteiger charge is 2.56. The van der Waals surface area contributed by atoms with E-state index in [1.165, 1.54) is 5.57 Å². The first kappa shape index (κ1) is 22.1. The van der Waals surface area contributed by atoms with Crippen LogP contribution in [0.2, 0.25) is 0 Å². The number of thioether (sulfide) groups is 1. The number of carbonyl (C=O) groups is 2. The van der Waals surface area contributed by atoms with Gasteiger partial charge in [-0.1, -0.05) is 11.6 Å². The molecule has 27 heavy (non-hydrogen) atoms. The minimum absolute atomic E-state index is 0.196. The van der Waals surface area contributed by atoms with E-state index in [4.69, 9.17) is 9.47 Å². The number of carbonyl (C=O) groups excluding carboxylic acids is 2. The summed E-state index contributed by atoms with van der Waals surface area (Å²) in [7, 11) is 0. The van der Waals surface area contributed by atoms with Gasteiger partial charge in [0.05, 0.1) is 6.42 Å². The first-order chi connectivity index (χ1) is 12.3. The zero-order valence-electron chi connectivity index (χ0n) is 17.8. The summed E-state index contributed by atoms with van der Waals surface area (Å²) >= 11 is 1.83. The Morgan fingerprint density at radius 3 is 2.37 bits per heavy atom. The summed E-state index contributed by atoms with van der Waals surface area (Å²) in [5.74, 6) is 1.74. The molecule has 0 heterocycles. The minimum Gasteiger partial charge on any atom is -0.460 e. The highest BCUT2D eigenvalue weighted by molar-refractivity contribution is 7.98. The Labute approximate surface area is 168 Å². The molecule has 1 amide bonds. The second kappa shape index (κ2) is 8.06. The maximum Gasteiger partial charge on any atom is 0.407 e. The molecule has 0 unspecified atom stereocenters. The van der Waals surface area contributed by atoms with Crippen LogP contribution in [0.3, 0.4) is 0 Å². The molecule has 0 bridgehead atoms. The van der Waals surface area contributed by atoms with Crippen LogP contribution in [0.1, 0.15) is 60.8 Å². The lowest BCUT2D eigenvalue weighted by atomic mass is 9.53. The molecule has 0 aromatic rings. The number of hydrogen-bond acceptors (Lipinski definition) is 5. The molecule has 6 heteroatoms. The van der Waals surface area contributed by atoms with Crippen molar-refractivity contribution < 1.29 is 19.1 Å². The first-order valence-corrected chi connectivity index (χ1v) is 11.1. The first-order valence-electron chi connectivity index (χ1n) is 9.71. The molecule has 1 saturated carbocycles. The van der Waals surface area contributed by atoms with E-state index in [2.05, 4.69) is 17.6 Å². The summed E-state index contributed by atoms with van der Waals surface area (Å²) in [5.41, 5.74) is 0.143. The molecule has 0 aliphatic heterocycles. The van der Waals surface area contributed by atoms with Crippen molar-refractivity contribution in [1.29, 1.82) is 0 Å². The van der Waals surface area contributed by atoms with Crippen LogP contribution in [-0.2, 0) is 14.3 Å². The third-order valence-electron chi connectivity index (χ3n) is 5.05. The number of amides is 1. The molecule has 3 atom stereocenters. The molecule has 2 rings (SSSR count). The van der Waals surface area contributed by atoms with Crippen molar-refractivity contribution in [3.63, 3.8) is 0 Å². The van der Waals surface area contributed by atoms with Crippen LogP contribution in [-0.4, -0.2) is 41.8 Å². The normalized spacial score (nSPS) is 27.3. The summed E-state index contributed by atoms with van der Waals surface area (Å²) in [6, 6.07) is 0.